The van der Waals surface area contributed by atoms with Crippen LogP contribution in [0, 0.1) is 6.92 Å². The molecule has 0 spiro atoms. The fourth-order valence-corrected chi connectivity index (χ4v) is 6.31. The van der Waals surface area contributed by atoms with Gasteiger partial charge in [0.15, 0.2) is 0 Å². The number of benzene rings is 2. The number of aryl methyl sites for hydroxylation is 1. The molecule has 11 nitrogen and oxygen atoms in total. The summed E-state index contributed by atoms with van der Waals surface area (Å²) in [6.45, 7) is 5.12. The third-order valence-corrected chi connectivity index (χ3v) is 8.62. The first-order valence-electron chi connectivity index (χ1n) is 14.9. The zero-order valence-corrected chi connectivity index (χ0v) is 25.1. The molecule has 1 atom stereocenters. The molecular weight excluding hydrogens is 589 g/mol. The lowest BCUT2D eigenvalue weighted by Crippen LogP contribution is -2.52. The van der Waals surface area contributed by atoms with Gasteiger partial charge in [-0.2, -0.15) is 18.2 Å². The molecule has 1 saturated heterocycles. The van der Waals surface area contributed by atoms with Gasteiger partial charge in [0.05, 0.1) is 31.4 Å². The summed E-state index contributed by atoms with van der Waals surface area (Å²) in [5.41, 5.74) is 3.66. The molecule has 238 valence electrons. The second-order valence-electron chi connectivity index (χ2n) is 11.6. The standard InChI is InChI=1S/C31H35F3N8O3/c1-20-4-3-5-24-25(10-11-40(26(20)24)28(44)31(32,33)34)42-19-21-18-35-29(37-27(21)41(16-17-43)30(42)45)36-22-6-8-23(9-7-22)39-14-12-38(2)13-15-39/h3-9,18,25,43H,10-17,19H2,1-2H3,(H,35,36,37)/t25-/m0/s1. The monoisotopic (exact) mass is 624 g/mol. The van der Waals surface area contributed by atoms with Crippen molar-refractivity contribution in [3.05, 3.63) is 65.4 Å². The fourth-order valence-electron chi connectivity index (χ4n) is 6.31. The Morgan fingerprint density at radius 2 is 1.80 bits per heavy atom. The Morgan fingerprint density at radius 1 is 1.07 bits per heavy atom. The van der Waals surface area contributed by atoms with E-state index in [1.54, 1.807) is 36.2 Å². The van der Waals surface area contributed by atoms with Crippen molar-refractivity contribution in [1.82, 2.24) is 19.8 Å². The van der Waals surface area contributed by atoms with Gasteiger partial charge in [-0.1, -0.05) is 18.2 Å². The molecule has 1 fully saturated rings. The van der Waals surface area contributed by atoms with Crippen LogP contribution >= 0.6 is 0 Å². The number of anilines is 5. The number of para-hydroxylation sites is 1. The minimum Gasteiger partial charge on any atom is -0.395 e. The molecule has 2 N–H and O–H groups in total. The average Bonchev–Trinajstić information content (AvgIpc) is 3.02. The van der Waals surface area contributed by atoms with Gasteiger partial charge >= 0.3 is 18.1 Å². The van der Waals surface area contributed by atoms with Crippen molar-refractivity contribution in [3.63, 3.8) is 0 Å². The summed E-state index contributed by atoms with van der Waals surface area (Å²) >= 11 is 0. The number of aromatic nitrogens is 2. The Kier molecular flexibility index (Phi) is 8.27. The van der Waals surface area contributed by atoms with Crippen molar-refractivity contribution >= 4 is 40.8 Å². The molecule has 3 amide bonds. The molecule has 3 aliphatic heterocycles. The number of fused-ring (bicyclic) bond motifs is 2. The lowest BCUT2D eigenvalue weighted by atomic mass is 9.91. The summed E-state index contributed by atoms with van der Waals surface area (Å²) < 4.78 is 40.3. The van der Waals surface area contributed by atoms with Gasteiger partial charge in [-0.25, -0.2) is 9.78 Å². The highest BCUT2D eigenvalue weighted by Gasteiger charge is 2.47. The minimum absolute atomic E-state index is 0.0371. The molecule has 3 aromatic rings. The van der Waals surface area contributed by atoms with Crippen LogP contribution in [0.25, 0.3) is 0 Å². The van der Waals surface area contributed by atoms with Gasteiger partial charge < -0.3 is 30.0 Å². The van der Waals surface area contributed by atoms with Gasteiger partial charge in [0, 0.05) is 55.9 Å². The van der Waals surface area contributed by atoms with E-state index in [0.29, 0.717) is 22.5 Å². The number of rotatable bonds is 6. The Hall–Kier alpha value is -4.43. The number of nitrogens with one attached hydrogen (secondary N) is 1. The number of halogens is 3. The van der Waals surface area contributed by atoms with Crippen molar-refractivity contribution < 1.29 is 27.9 Å². The number of nitrogens with zero attached hydrogens (tertiary/aromatic N) is 7. The second-order valence-corrected chi connectivity index (χ2v) is 11.6. The zero-order chi connectivity index (χ0) is 31.9. The maximum absolute atomic E-state index is 13.9. The Bertz CT molecular complexity index is 1580. The average molecular weight is 625 g/mol. The van der Waals surface area contributed by atoms with Crippen LogP contribution in [0.4, 0.5) is 46.8 Å². The molecule has 0 aliphatic carbocycles. The topological polar surface area (TPSA) is 108 Å². The summed E-state index contributed by atoms with van der Waals surface area (Å²) in [5.74, 6) is -1.30. The fraction of sp³-hybridized carbons (Fsp3) is 0.419. The molecule has 0 unspecified atom stereocenters. The van der Waals surface area contributed by atoms with Crippen molar-refractivity contribution in [1.29, 1.82) is 0 Å². The molecule has 0 radical (unpaired) electrons. The molecule has 2 aromatic carbocycles. The Balaban J connectivity index is 1.25. The Morgan fingerprint density at radius 3 is 2.49 bits per heavy atom. The van der Waals surface area contributed by atoms with Gasteiger partial charge in [-0.05, 0) is 55.8 Å². The third-order valence-electron chi connectivity index (χ3n) is 8.62. The SMILES string of the molecule is Cc1cccc2c1N(C(=O)C(F)(F)F)CC[C@@H]2N1Cc2cnc(Nc3ccc(N4CCN(C)CC4)cc3)nc2N(CCO)C1=O. The van der Waals surface area contributed by atoms with E-state index in [0.717, 1.165) is 42.5 Å². The number of carbonyl (C=O) groups is 2. The van der Waals surface area contributed by atoms with Crippen LogP contribution in [0.15, 0.2) is 48.7 Å². The van der Waals surface area contributed by atoms with E-state index >= 15 is 0 Å². The lowest BCUT2D eigenvalue weighted by molar-refractivity contribution is -0.170. The maximum atomic E-state index is 13.9. The van der Waals surface area contributed by atoms with Crippen LogP contribution in [0.2, 0.25) is 0 Å². The summed E-state index contributed by atoms with van der Waals surface area (Å²) in [6, 6.07) is 11.9. The van der Waals surface area contributed by atoms with E-state index in [-0.39, 0.29) is 44.3 Å². The lowest BCUT2D eigenvalue weighted by Gasteiger charge is -2.44. The molecule has 14 heteroatoms. The molecule has 0 bridgehead atoms. The smallest absolute Gasteiger partial charge is 0.395 e. The number of aliphatic hydroxyl groups excluding tert-OH is 1. The predicted octanol–water partition coefficient (Wildman–Crippen LogP) is 4.06. The van der Waals surface area contributed by atoms with E-state index in [4.69, 9.17) is 0 Å². The van der Waals surface area contributed by atoms with Crippen LogP contribution in [-0.4, -0.2) is 95.9 Å². The first kappa shape index (κ1) is 30.6. The molecule has 3 aliphatic rings. The van der Waals surface area contributed by atoms with Crippen molar-refractivity contribution in [2.45, 2.75) is 32.1 Å². The molecule has 4 heterocycles. The first-order valence-corrected chi connectivity index (χ1v) is 14.9. The number of likely N-dealkylation sites (N-methyl/N-ethyl adjacent to an activating group) is 1. The maximum Gasteiger partial charge on any atom is 0.471 e. The molecular formula is C31H35F3N8O3. The van der Waals surface area contributed by atoms with Crippen LogP contribution in [0.5, 0.6) is 0 Å². The van der Waals surface area contributed by atoms with Crippen molar-refractivity contribution in [3.8, 4) is 0 Å². The predicted molar refractivity (Wildman–Crippen MR) is 164 cm³/mol. The van der Waals surface area contributed by atoms with Gasteiger partial charge in [0.1, 0.15) is 5.82 Å². The van der Waals surface area contributed by atoms with E-state index in [1.807, 2.05) is 24.3 Å². The van der Waals surface area contributed by atoms with Gasteiger partial charge in [-0.3, -0.25) is 9.69 Å². The van der Waals surface area contributed by atoms with E-state index in [1.165, 1.54) is 4.90 Å². The number of β-amino-alcohol motifs (C(OH)–C–C–N with tert-alkyl or cyclic N) is 1. The Labute approximate surface area is 258 Å². The van der Waals surface area contributed by atoms with E-state index in [9.17, 15) is 27.9 Å². The van der Waals surface area contributed by atoms with Crippen LogP contribution in [0.1, 0.15) is 29.2 Å². The number of alkyl halides is 3. The van der Waals surface area contributed by atoms with Gasteiger partial charge in [-0.15, -0.1) is 0 Å². The summed E-state index contributed by atoms with van der Waals surface area (Å²) in [7, 11) is 2.12. The van der Waals surface area contributed by atoms with E-state index < -0.39 is 24.2 Å². The zero-order valence-electron chi connectivity index (χ0n) is 25.1. The first-order chi connectivity index (χ1) is 21.5. The van der Waals surface area contributed by atoms with Gasteiger partial charge in [0.25, 0.3) is 0 Å². The largest absolute Gasteiger partial charge is 0.471 e. The van der Waals surface area contributed by atoms with Gasteiger partial charge in [0.2, 0.25) is 5.95 Å². The highest BCUT2D eigenvalue weighted by molar-refractivity contribution is 6.00. The highest BCUT2D eigenvalue weighted by Crippen LogP contribution is 2.43. The van der Waals surface area contributed by atoms with Crippen LogP contribution < -0.4 is 20.0 Å². The van der Waals surface area contributed by atoms with Crippen molar-refractivity contribution in [2.75, 3.05) is 72.9 Å². The van der Waals surface area contributed by atoms with Crippen LogP contribution in [0.3, 0.4) is 0 Å². The minimum atomic E-state index is -5.03. The second kappa shape index (κ2) is 12.2. The summed E-state index contributed by atoms with van der Waals surface area (Å²) in [4.78, 5) is 43.6. The number of carbonyl (C=O) groups excluding carboxylic acids is 2. The normalized spacial score (nSPS) is 19.0. The number of urea groups is 1. The highest BCUT2D eigenvalue weighted by atomic mass is 19.4. The molecule has 1 aromatic heterocycles. The number of hydrogen-bond acceptors (Lipinski definition) is 8. The van der Waals surface area contributed by atoms with E-state index in [2.05, 4.69) is 32.1 Å². The number of piperazine rings is 1. The van der Waals surface area contributed by atoms with Crippen molar-refractivity contribution in [2.24, 2.45) is 0 Å². The number of aliphatic hydroxyl groups is 1. The third kappa shape index (κ3) is 5.99. The number of hydrogen-bond donors (Lipinski definition) is 2. The number of amides is 3. The summed E-state index contributed by atoms with van der Waals surface area (Å²) in [5, 5.41) is 13.0. The van der Waals surface area contributed by atoms with Crippen LogP contribution in [-0.2, 0) is 11.3 Å². The molecule has 6 rings (SSSR count). The quantitative estimate of drug-likeness (QED) is 0.423. The molecule has 45 heavy (non-hydrogen) atoms. The summed E-state index contributed by atoms with van der Waals surface area (Å²) in [6.07, 6.45) is -3.30. The molecule has 0 saturated carbocycles.